The van der Waals surface area contributed by atoms with Crippen LogP contribution in [-0.2, 0) is 0 Å². The van der Waals surface area contributed by atoms with Crippen molar-refractivity contribution in [1.29, 1.82) is 0 Å². The van der Waals surface area contributed by atoms with Crippen LogP contribution in [-0.4, -0.2) is 4.98 Å². The first-order valence-electron chi connectivity index (χ1n) is 5.30. The van der Waals surface area contributed by atoms with E-state index < -0.39 is 0 Å². The number of pyridine rings is 1. The number of rotatable bonds is 3. The Morgan fingerprint density at radius 3 is 2.65 bits per heavy atom. The summed E-state index contributed by atoms with van der Waals surface area (Å²) in [5.41, 5.74) is 6.55. The topological polar surface area (TPSA) is 48.1 Å². The SMILES string of the molecule is CC(N)c1ccc(Oc2cccc(Cl)c2)cn1. The maximum absolute atomic E-state index is 5.87. The number of nitrogens with two attached hydrogens (primary N) is 1. The lowest BCUT2D eigenvalue weighted by Crippen LogP contribution is -2.06. The Bertz CT molecular complexity index is 497. The molecule has 1 atom stereocenters. The van der Waals surface area contributed by atoms with E-state index in [0.29, 0.717) is 16.5 Å². The summed E-state index contributed by atoms with van der Waals surface area (Å²) in [4.78, 5) is 4.21. The summed E-state index contributed by atoms with van der Waals surface area (Å²) < 4.78 is 5.61. The molecule has 0 saturated heterocycles. The zero-order valence-corrected chi connectivity index (χ0v) is 10.2. The van der Waals surface area contributed by atoms with E-state index in [0.717, 1.165) is 5.69 Å². The van der Waals surface area contributed by atoms with Gasteiger partial charge in [0.1, 0.15) is 11.5 Å². The molecule has 1 aromatic heterocycles. The molecular weight excluding hydrogens is 236 g/mol. The molecule has 0 amide bonds. The summed E-state index contributed by atoms with van der Waals surface area (Å²) in [6.07, 6.45) is 1.65. The van der Waals surface area contributed by atoms with Crippen LogP contribution >= 0.6 is 11.6 Å². The Labute approximate surface area is 105 Å². The number of aromatic nitrogens is 1. The van der Waals surface area contributed by atoms with Crippen LogP contribution in [0.5, 0.6) is 11.5 Å². The minimum atomic E-state index is -0.0739. The lowest BCUT2D eigenvalue weighted by Gasteiger charge is -2.07. The van der Waals surface area contributed by atoms with Gasteiger partial charge in [0.25, 0.3) is 0 Å². The number of halogens is 1. The number of hydrogen-bond donors (Lipinski definition) is 1. The van der Waals surface area contributed by atoms with Gasteiger partial charge in [-0.15, -0.1) is 0 Å². The molecule has 0 radical (unpaired) electrons. The van der Waals surface area contributed by atoms with E-state index in [1.807, 2.05) is 31.2 Å². The van der Waals surface area contributed by atoms with E-state index in [9.17, 15) is 0 Å². The highest BCUT2D eigenvalue weighted by molar-refractivity contribution is 6.30. The van der Waals surface area contributed by atoms with E-state index in [1.54, 1.807) is 18.3 Å². The molecule has 0 aliphatic rings. The number of nitrogens with zero attached hydrogens (tertiary/aromatic N) is 1. The van der Waals surface area contributed by atoms with Crippen LogP contribution in [0.3, 0.4) is 0 Å². The first kappa shape index (κ1) is 11.9. The molecule has 0 aliphatic heterocycles. The minimum Gasteiger partial charge on any atom is -0.456 e. The van der Waals surface area contributed by atoms with E-state index >= 15 is 0 Å². The third-order valence-corrected chi connectivity index (χ3v) is 2.49. The van der Waals surface area contributed by atoms with Crippen LogP contribution in [0.4, 0.5) is 0 Å². The molecule has 4 heteroatoms. The Hall–Kier alpha value is -1.58. The molecule has 2 rings (SSSR count). The van der Waals surface area contributed by atoms with Crippen LogP contribution in [0.25, 0.3) is 0 Å². The largest absolute Gasteiger partial charge is 0.456 e. The van der Waals surface area contributed by atoms with Gasteiger partial charge in [0.05, 0.1) is 11.9 Å². The highest BCUT2D eigenvalue weighted by Gasteiger charge is 2.02. The Morgan fingerprint density at radius 1 is 1.24 bits per heavy atom. The first-order valence-corrected chi connectivity index (χ1v) is 5.68. The molecule has 0 bridgehead atoms. The van der Waals surface area contributed by atoms with Crippen molar-refractivity contribution in [2.45, 2.75) is 13.0 Å². The van der Waals surface area contributed by atoms with Crippen LogP contribution < -0.4 is 10.5 Å². The summed E-state index contributed by atoms with van der Waals surface area (Å²) in [6, 6.07) is 10.8. The quantitative estimate of drug-likeness (QED) is 0.904. The molecule has 17 heavy (non-hydrogen) atoms. The normalized spacial score (nSPS) is 12.2. The molecule has 0 saturated carbocycles. The van der Waals surface area contributed by atoms with Crippen molar-refractivity contribution in [3.8, 4) is 11.5 Å². The van der Waals surface area contributed by atoms with Crippen molar-refractivity contribution < 1.29 is 4.74 Å². The molecule has 0 aliphatic carbocycles. The van der Waals surface area contributed by atoms with Gasteiger partial charge >= 0.3 is 0 Å². The summed E-state index contributed by atoms with van der Waals surface area (Å²) in [5, 5.41) is 0.641. The highest BCUT2D eigenvalue weighted by Crippen LogP contribution is 2.23. The first-order chi connectivity index (χ1) is 8.15. The maximum atomic E-state index is 5.87. The van der Waals surface area contributed by atoms with Gasteiger partial charge in [0, 0.05) is 11.1 Å². The molecule has 1 unspecified atom stereocenters. The molecule has 88 valence electrons. The second-order valence-corrected chi connectivity index (χ2v) is 4.20. The summed E-state index contributed by atoms with van der Waals surface area (Å²) in [6.45, 7) is 1.89. The van der Waals surface area contributed by atoms with Crippen molar-refractivity contribution in [2.24, 2.45) is 5.73 Å². The van der Waals surface area contributed by atoms with Crippen molar-refractivity contribution in [1.82, 2.24) is 4.98 Å². The molecule has 3 nitrogen and oxygen atoms in total. The van der Waals surface area contributed by atoms with E-state index in [2.05, 4.69) is 4.98 Å². The van der Waals surface area contributed by atoms with Gasteiger partial charge in [0.2, 0.25) is 0 Å². The average molecular weight is 249 g/mol. The predicted molar refractivity (Wildman–Crippen MR) is 68.4 cm³/mol. The monoisotopic (exact) mass is 248 g/mol. The maximum Gasteiger partial charge on any atom is 0.145 e. The lowest BCUT2D eigenvalue weighted by molar-refractivity contribution is 0.479. The zero-order valence-electron chi connectivity index (χ0n) is 9.43. The second-order valence-electron chi connectivity index (χ2n) is 3.77. The van der Waals surface area contributed by atoms with Gasteiger partial charge in [-0.25, -0.2) is 0 Å². The molecule has 2 N–H and O–H groups in total. The molecule has 1 aromatic carbocycles. The van der Waals surface area contributed by atoms with Crippen LogP contribution in [0.2, 0.25) is 5.02 Å². The Kier molecular flexibility index (Phi) is 3.61. The van der Waals surface area contributed by atoms with Gasteiger partial charge < -0.3 is 10.5 Å². The van der Waals surface area contributed by atoms with E-state index in [1.165, 1.54) is 0 Å². The summed E-state index contributed by atoms with van der Waals surface area (Å²) in [5.74, 6) is 1.35. The highest BCUT2D eigenvalue weighted by atomic mass is 35.5. The van der Waals surface area contributed by atoms with Crippen LogP contribution in [0.15, 0.2) is 42.6 Å². The number of ether oxygens (including phenoxy) is 1. The van der Waals surface area contributed by atoms with Gasteiger partial charge in [-0.05, 0) is 37.3 Å². The van der Waals surface area contributed by atoms with E-state index in [4.69, 9.17) is 22.1 Å². The average Bonchev–Trinajstić information content (AvgIpc) is 2.29. The minimum absolute atomic E-state index is 0.0739. The fourth-order valence-electron chi connectivity index (χ4n) is 1.39. The van der Waals surface area contributed by atoms with Gasteiger partial charge in [-0.3, -0.25) is 4.98 Å². The standard InChI is InChI=1S/C13H13ClN2O/c1-9(15)13-6-5-12(8-16-13)17-11-4-2-3-10(14)7-11/h2-9H,15H2,1H3. The third-order valence-electron chi connectivity index (χ3n) is 2.26. The molecular formula is C13H13ClN2O. The molecule has 0 spiro atoms. The summed E-state index contributed by atoms with van der Waals surface area (Å²) >= 11 is 5.87. The van der Waals surface area contributed by atoms with Crippen molar-refractivity contribution in [2.75, 3.05) is 0 Å². The van der Waals surface area contributed by atoms with Crippen LogP contribution in [0.1, 0.15) is 18.7 Å². The smallest absolute Gasteiger partial charge is 0.145 e. The third kappa shape index (κ3) is 3.19. The molecule has 1 heterocycles. The predicted octanol–water partition coefficient (Wildman–Crippen LogP) is 3.55. The summed E-state index contributed by atoms with van der Waals surface area (Å²) in [7, 11) is 0. The lowest BCUT2D eigenvalue weighted by atomic mass is 10.2. The fourth-order valence-corrected chi connectivity index (χ4v) is 1.57. The number of benzene rings is 1. The second kappa shape index (κ2) is 5.17. The Balaban J connectivity index is 2.14. The Morgan fingerprint density at radius 2 is 2.06 bits per heavy atom. The van der Waals surface area contributed by atoms with Crippen molar-refractivity contribution in [3.05, 3.63) is 53.3 Å². The fraction of sp³-hybridized carbons (Fsp3) is 0.154. The molecule has 0 fully saturated rings. The van der Waals surface area contributed by atoms with E-state index in [-0.39, 0.29) is 6.04 Å². The van der Waals surface area contributed by atoms with Crippen LogP contribution in [0, 0.1) is 0 Å². The number of hydrogen-bond acceptors (Lipinski definition) is 3. The van der Waals surface area contributed by atoms with Crippen molar-refractivity contribution >= 4 is 11.6 Å². The van der Waals surface area contributed by atoms with Gasteiger partial charge in [-0.2, -0.15) is 0 Å². The van der Waals surface area contributed by atoms with Gasteiger partial charge in [-0.1, -0.05) is 17.7 Å². The van der Waals surface area contributed by atoms with Gasteiger partial charge in [0.15, 0.2) is 0 Å². The zero-order chi connectivity index (χ0) is 12.3. The molecule has 2 aromatic rings. The van der Waals surface area contributed by atoms with Crippen molar-refractivity contribution in [3.63, 3.8) is 0 Å².